The van der Waals surface area contributed by atoms with Gasteiger partial charge in [-0.1, -0.05) is 104 Å². The standard InChI is InChI=1S/C26H58NO3Si.CH4/c1-7-8-9-10-11-12-13-14-15-16-17-18-19-20-21-22-24-27(2,3)25-23-26-31(28-4,29-5)30-6;/h7-26H2,1-6H3;1H4/q+1;. The monoisotopic (exact) mass is 476 g/mol. The van der Waals surface area contributed by atoms with Crippen LogP contribution in [0.1, 0.15) is 124 Å². The number of rotatable bonds is 24. The molecule has 0 aromatic carbocycles. The second-order valence-electron chi connectivity index (χ2n) is 10.1. The van der Waals surface area contributed by atoms with Crippen molar-refractivity contribution in [3.8, 4) is 0 Å². The molecule has 0 aliphatic rings. The highest BCUT2D eigenvalue weighted by molar-refractivity contribution is 6.60. The maximum absolute atomic E-state index is 5.53. The third kappa shape index (κ3) is 19.5. The fourth-order valence-corrected chi connectivity index (χ4v) is 6.18. The molecule has 0 aromatic rings. The summed E-state index contributed by atoms with van der Waals surface area (Å²) in [5.74, 6) is 0. The molecule has 0 saturated heterocycles. The molecule has 0 spiro atoms. The molecular weight excluding hydrogens is 414 g/mol. The van der Waals surface area contributed by atoms with E-state index in [1.807, 2.05) is 0 Å². The van der Waals surface area contributed by atoms with E-state index in [9.17, 15) is 0 Å². The summed E-state index contributed by atoms with van der Waals surface area (Å²) in [7, 11) is 7.40. The van der Waals surface area contributed by atoms with Crippen LogP contribution in [0.4, 0.5) is 0 Å². The van der Waals surface area contributed by atoms with E-state index >= 15 is 0 Å². The molecule has 196 valence electrons. The molecule has 0 rings (SSSR count). The van der Waals surface area contributed by atoms with Gasteiger partial charge in [0.25, 0.3) is 0 Å². The third-order valence-electron chi connectivity index (χ3n) is 6.80. The smallest absolute Gasteiger partial charge is 0.377 e. The van der Waals surface area contributed by atoms with Gasteiger partial charge in [-0.2, -0.15) is 0 Å². The second kappa shape index (κ2) is 22.8. The summed E-state index contributed by atoms with van der Waals surface area (Å²) in [6.07, 6.45) is 24.0. The van der Waals surface area contributed by atoms with Gasteiger partial charge in [-0.25, -0.2) is 0 Å². The molecule has 4 nitrogen and oxygen atoms in total. The van der Waals surface area contributed by atoms with Gasteiger partial charge in [-0.15, -0.1) is 0 Å². The molecule has 0 heterocycles. The van der Waals surface area contributed by atoms with Crippen molar-refractivity contribution in [1.29, 1.82) is 0 Å². The van der Waals surface area contributed by atoms with Gasteiger partial charge in [0.1, 0.15) is 0 Å². The van der Waals surface area contributed by atoms with E-state index in [-0.39, 0.29) is 7.43 Å². The summed E-state index contributed by atoms with van der Waals surface area (Å²) < 4.78 is 17.7. The van der Waals surface area contributed by atoms with Crippen LogP contribution in [-0.2, 0) is 13.3 Å². The van der Waals surface area contributed by atoms with Gasteiger partial charge in [0.15, 0.2) is 0 Å². The van der Waals surface area contributed by atoms with Crippen LogP contribution in [0, 0.1) is 0 Å². The van der Waals surface area contributed by atoms with Gasteiger partial charge in [-0.05, 0) is 12.8 Å². The first-order valence-electron chi connectivity index (χ1n) is 13.4. The summed E-state index contributed by atoms with van der Waals surface area (Å²) >= 11 is 0. The summed E-state index contributed by atoms with van der Waals surface area (Å²) in [6, 6.07) is 0.900. The van der Waals surface area contributed by atoms with E-state index in [1.165, 1.54) is 109 Å². The van der Waals surface area contributed by atoms with Gasteiger partial charge in [0.05, 0.1) is 27.2 Å². The zero-order valence-electron chi connectivity index (χ0n) is 22.3. The van der Waals surface area contributed by atoms with Crippen LogP contribution in [0.2, 0.25) is 6.04 Å². The number of hydrogen-bond acceptors (Lipinski definition) is 3. The summed E-state index contributed by atoms with van der Waals surface area (Å²) in [4.78, 5) is 0. The Morgan fingerprint density at radius 2 is 0.812 bits per heavy atom. The van der Waals surface area contributed by atoms with E-state index in [1.54, 1.807) is 21.3 Å². The van der Waals surface area contributed by atoms with Gasteiger partial charge < -0.3 is 17.8 Å². The maximum Gasteiger partial charge on any atom is 0.500 e. The Labute approximate surface area is 204 Å². The highest BCUT2D eigenvalue weighted by Crippen LogP contribution is 2.17. The zero-order chi connectivity index (χ0) is 23.3. The zero-order valence-corrected chi connectivity index (χ0v) is 23.3. The molecule has 0 bridgehead atoms. The number of quaternary nitrogens is 1. The lowest BCUT2D eigenvalue weighted by Gasteiger charge is -2.31. The minimum atomic E-state index is -2.40. The highest BCUT2D eigenvalue weighted by atomic mass is 28.4. The minimum absolute atomic E-state index is 0. The molecular formula is C27H62NO3Si+. The first-order valence-corrected chi connectivity index (χ1v) is 15.4. The quantitative estimate of drug-likeness (QED) is 0.0797. The Kier molecular flexibility index (Phi) is 24.4. The van der Waals surface area contributed by atoms with Gasteiger partial charge in [0, 0.05) is 33.8 Å². The predicted octanol–water partition coefficient (Wildman–Crippen LogP) is 8.23. The lowest BCUT2D eigenvalue weighted by molar-refractivity contribution is -0.890. The molecule has 0 radical (unpaired) electrons. The fraction of sp³-hybridized carbons (Fsp3) is 1.00. The fourth-order valence-electron chi connectivity index (χ4n) is 4.48. The molecule has 5 heteroatoms. The van der Waals surface area contributed by atoms with Crippen LogP contribution in [0.3, 0.4) is 0 Å². The van der Waals surface area contributed by atoms with Crippen LogP contribution in [0.5, 0.6) is 0 Å². The van der Waals surface area contributed by atoms with E-state index in [0.29, 0.717) is 0 Å². The molecule has 0 amide bonds. The SMILES string of the molecule is C.CCCCCCCCCCCCCCCCCC[N+](C)(C)CCC[Si](OC)(OC)OC. The average molecular weight is 477 g/mol. The molecule has 0 saturated carbocycles. The first-order chi connectivity index (χ1) is 14.9. The Morgan fingerprint density at radius 3 is 1.16 bits per heavy atom. The van der Waals surface area contributed by atoms with Crippen LogP contribution in [0.15, 0.2) is 0 Å². The van der Waals surface area contributed by atoms with Crippen molar-refractivity contribution >= 4 is 8.80 Å². The number of unbranched alkanes of at least 4 members (excludes halogenated alkanes) is 15. The first kappa shape index (κ1) is 34.2. The summed E-state index contributed by atoms with van der Waals surface area (Å²) in [5, 5.41) is 0. The van der Waals surface area contributed by atoms with E-state index < -0.39 is 8.80 Å². The lowest BCUT2D eigenvalue weighted by Crippen LogP contribution is -2.45. The van der Waals surface area contributed by atoms with E-state index in [4.69, 9.17) is 13.3 Å². The molecule has 0 atom stereocenters. The van der Waals surface area contributed by atoms with Crippen LogP contribution in [-0.4, -0.2) is 61.8 Å². The van der Waals surface area contributed by atoms with Crippen molar-refractivity contribution in [3.05, 3.63) is 0 Å². The highest BCUT2D eigenvalue weighted by Gasteiger charge is 2.37. The number of nitrogens with zero attached hydrogens (tertiary/aromatic N) is 1. The molecule has 0 unspecified atom stereocenters. The molecule has 0 fully saturated rings. The molecule has 0 aliphatic heterocycles. The Balaban J connectivity index is 0. The Hall–Kier alpha value is 0.0569. The van der Waals surface area contributed by atoms with Gasteiger partial charge in [-0.3, -0.25) is 0 Å². The van der Waals surface area contributed by atoms with Crippen LogP contribution in [0.25, 0.3) is 0 Å². The Bertz CT molecular complexity index is 368. The third-order valence-corrected chi connectivity index (χ3v) is 9.63. The summed E-state index contributed by atoms with van der Waals surface area (Å²) in [5.41, 5.74) is 0. The Morgan fingerprint density at radius 1 is 0.500 bits per heavy atom. The van der Waals surface area contributed by atoms with Crippen molar-refractivity contribution in [2.24, 2.45) is 0 Å². The van der Waals surface area contributed by atoms with Crippen LogP contribution < -0.4 is 0 Å². The van der Waals surface area contributed by atoms with Crippen LogP contribution >= 0.6 is 0 Å². The second-order valence-corrected chi connectivity index (χ2v) is 13.2. The van der Waals surface area contributed by atoms with Crippen molar-refractivity contribution < 1.29 is 17.8 Å². The van der Waals surface area contributed by atoms with Gasteiger partial charge >= 0.3 is 8.80 Å². The molecule has 32 heavy (non-hydrogen) atoms. The predicted molar refractivity (Wildman–Crippen MR) is 144 cm³/mol. The average Bonchev–Trinajstić information content (AvgIpc) is 2.76. The summed E-state index contributed by atoms with van der Waals surface area (Å²) in [6.45, 7) is 4.72. The van der Waals surface area contributed by atoms with Crippen molar-refractivity contribution in [2.75, 3.05) is 48.5 Å². The minimum Gasteiger partial charge on any atom is -0.377 e. The largest absolute Gasteiger partial charge is 0.500 e. The van der Waals surface area contributed by atoms with Crippen molar-refractivity contribution in [1.82, 2.24) is 0 Å². The lowest BCUT2D eigenvalue weighted by atomic mass is 10.0. The van der Waals surface area contributed by atoms with E-state index in [0.717, 1.165) is 23.5 Å². The number of hydrogen-bond donors (Lipinski definition) is 0. The van der Waals surface area contributed by atoms with Gasteiger partial charge in [0.2, 0.25) is 0 Å². The molecule has 0 aromatic heterocycles. The van der Waals surface area contributed by atoms with E-state index in [2.05, 4.69) is 21.0 Å². The topological polar surface area (TPSA) is 27.7 Å². The normalized spacial score (nSPS) is 12.2. The molecule has 0 aliphatic carbocycles. The van der Waals surface area contributed by atoms with Crippen molar-refractivity contribution in [3.63, 3.8) is 0 Å². The maximum atomic E-state index is 5.53. The van der Waals surface area contributed by atoms with Crippen molar-refractivity contribution in [2.45, 2.75) is 130 Å². The molecule has 0 N–H and O–H groups in total.